The molecule has 1 aromatic carbocycles. The minimum Gasteiger partial charge on any atom is -0.507 e. The van der Waals surface area contributed by atoms with Crippen molar-refractivity contribution >= 4 is 10.0 Å². The summed E-state index contributed by atoms with van der Waals surface area (Å²) in [4.78, 5) is -0.169. The van der Waals surface area contributed by atoms with E-state index in [0.717, 1.165) is 0 Å². The summed E-state index contributed by atoms with van der Waals surface area (Å²) >= 11 is 0. The van der Waals surface area contributed by atoms with Crippen LogP contribution in [-0.2, 0) is 16.4 Å². The fraction of sp³-hybridized carbons (Fsp3) is 0.250. The molecule has 4 nitrogen and oxygen atoms in total. The summed E-state index contributed by atoms with van der Waals surface area (Å²) in [7, 11) is -3.83. The van der Waals surface area contributed by atoms with E-state index in [9.17, 15) is 13.5 Å². The summed E-state index contributed by atoms with van der Waals surface area (Å²) in [6.07, 6.45) is 0.514. The van der Waals surface area contributed by atoms with Gasteiger partial charge in [0, 0.05) is 0 Å². The first kappa shape index (κ1) is 10.0. The van der Waals surface area contributed by atoms with Crippen molar-refractivity contribution in [1.82, 2.24) is 0 Å². The lowest BCUT2D eigenvalue weighted by Gasteiger charge is -2.06. The van der Waals surface area contributed by atoms with Crippen LogP contribution >= 0.6 is 0 Å². The topological polar surface area (TPSA) is 80.4 Å². The predicted molar refractivity (Wildman–Crippen MR) is 48.9 cm³/mol. The zero-order valence-electron chi connectivity index (χ0n) is 7.19. The highest BCUT2D eigenvalue weighted by Crippen LogP contribution is 2.25. The van der Waals surface area contributed by atoms with E-state index in [2.05, 4.69) is 0 Å². The van der Waals surface area contributed by atoms with Gasteiger partial charge in [0.2, 0.25) is 10.0 Å². The molecule has 0 atom stereocenters. The molecule has 0 fully saturated rings. The van der Waals surface area contributed by atoms with Crippen molar-refractivity contribution in [3.63, 3.8) is 0 Å². The van der Waals surface area contributed by atoms with Crippen molar-refractivity contribution in [2.24, 2.45) is 5.14 Å². The highest BCUT2D eigenvalue weighted by atomic mass is 32.2. The molecule has 0 saturated carbocycles. The number of aromatic hydroxyl groups is 1. The number of nitrogens with two attached hydrogens (primary N) is 1. The van der Waals surface area contributed by atoms with Crippen molar-refractivity contribution in [2.45, 2.75) is 18.2 Å². The summed E-state index contributed by atoms with van der Waals surface area (Å²) in [6, 6.07) is 4.52. The number of hydrogen-bond acceptors (Lipinski definition) is 3. The Labute approximate surface area is 77.1 Å². The molecule has 0 aliphatic carbocycles. The third-order valence-corrected chi connectivity index (χ3v) is 2.78. The SMILES string of the molecule is CCc1cccc(O)c1S(N)(=O)=O. The maximum absolute atomic E-state index is 11.1. The fourth-order valence-electron chi connectivity index (χ4n) is 1.18. The zero-order chi connectivity index (χ0) is 10.1. The van der Waals surface area contributed by atoms with Crippen molar-refractivity contribution < 1.29 is 13.5 Å². The second kappa shape index (κ2) is 3.35. The number of benzene rings is 1. The number of primary sulfonamides is 1. The van der Waals surface area contributed by atoms with Gasteiger partial charge in [-0.2, -0.15) is 0 Å². The smallest absolute Gasteiger partial charge is 0.242 e. The Morgan fingerprint density at radius 1 is 1.46 bits per heavy atom. The molecule has 0 heterocycles. The third kappa shape index (κ3) is 1.99. The van der Waals surface area contributed by atoms with Gasteiger partial charge in [0.15, 0.2) is 0 Å². The average Bonchev–Trinajstić information content (AvgIpc) is 2.01. The number of aryl methyl sites for hydroxylation is 1. The third-order valence-electron chi connectivity index (χ3n) is 1.74. The quantitative estimate of drug-likeness (QED) is 0.735. The van der Waals surface area contributed by atoms with Gasteiger partial charge in [-0.1, -0.05) is 19.1 Å². The molecular formula is C8H11NO3S. The molecule has 3 N–H and O–H groups in total. The monoisotopic (exact) mass is 201 g/mol. The second-order valence-electron chi connectivity index (χ2n) is 2.66. The van der Waals surface area contributed by atoms with E-state index in [1.54, 1.807) is 19.1 Å². The number of phenolic OH excluding ortho intramolecular Hbond substituents is 1. The molecule has 0 bridgehead atoms. The fourth-order valence-corrected chi connectivity index (χ4v) is 2.12. The van der Waals surface area contributed by atoms with Gasteiger partial charge in [0.25, 0.3) is 0 Å². The lowest BCUT2D eigenvalue weighted by molar-refractivity contribution is 0.457. The molecule has 0 aromatic heterocycles. The average molecular weight is 201 g/mol. The minimum atomic E-state index is -3.83. The minimum absolute atomic E-state index is 0.169. The van der Waals surface area contributed by atoms with Crippen LogP contribution in [0.1, 0.15) is 12.5 Å². The van der Waals surface area contributed by atoms with Crippen molar-refractivity contribution in [2.75, 3.05) is 0 Å². The molecule has 13 heavy (non-hydrogen) atoms. The summed E-state index contributed by atoms with van der Waals surface area (Å²) in [5, 5.41) is 14.2. The molecular weight excluding hydrogens is 190 g/mol. The standard InChI is InChI=1S/C8H11NO3S/c1-2-6-4-3-5-7(10)8(6)13(9,11)12/h3-5,10H,2H2,1H3,(H2,9,11,12). The van der Waals surface area contributed by atoms with Crippen LogP contribution in [0, 0.1) is 0 Å². The Balaban J connectivity index is 3.50. The van der Waals surface area contributed by atoms with E-state index < -0.39 is 10.0 Å². The Morgan fingerprint density at radius 3 is 2.46 bits per heavy atom. The van der Waals surface area contributed by atoms with Crippen molar-refractivity contribution in [1.29, 1.82) is 0 Å². The molecule has 1 rings (SSSR count). The lowest BCUT2D eigenvalue weighted by atomic mass is 10.2. The zero-order valence-corrected chi connectivity index (χ0v) is 8.00. The number of hydrogen-bond donors (Lipinski definition) is 2. The summed E-state index contributed by atoms with van der Waals surface area (Å²) in [5.41, 5.74) is 0.530. The van der Waals surface area contributed by atoms with Crippen LogP contribution in [0.5, 0.6) is 5.75 Å². The lowest BCUT2D eigenvalue weighted by Crippen LogP contribution is -2.14. The summed E-state index contributed by atoms with van der Waals surface area (Å²) in [6.45, 7) is 1.80. The normalized spacial score (nSPS) is 11.5. The van der Waals surface area contributed by atoms with E-state index in [1.807, 2.05) is 0 Å². The molecule has 0 radical (unpaired) electrons. The molecule has 5 heteroatoms. The van der Waals surface area contributed by atoms with Gasteiger partial charge < -0.3 is 5.11 Å². The molecule has 72 valence electrons. The first-order valence-electron chi connectivity index (χ1n) is 3.80. The van der Waals surface area contributed by atoms with E-state index in [1.165, 1.54) is 6.07 Å². The molecule has 1 aromatic rings. The molecule has 0 saturated heterocycles. The van der Waals surface area contributed by atoms with Crippen molar-refractivity contribution in [3.8, 4) is 5.75 Å². The van der Waals surface area contributed by atoms with Gasteiger partial charge in [-0.25, -0.2) is 13.6 Å². The van der Waals surface area contributed by atoms with Crippen LogP contribution < -0.4 is 5.14 Å². The van der Waals surface area contributed by atoms with Gasteiger partial charge in [-0.05, 0) is 18.1 Å². The van der Waals surface area contributed by atoms with E-state index in [-0.39, 0.29) is 10.6 Å². The van der Waals surface area contributed by atoms with E-state index in [0.29, 0.717) is 12.0 Å². The van der Waals surface area contributed by atoms with Crippen LogP contribution in [0.3, 0.4) is 0 Å². The van der Waals surface area contributed by atoms with E-state index in [4.69, 9.17) is 5.14 Å². The largest absolute Gasteiger partial charge is 0.507 e. The summed E-state index contributed by atoms with van der Waals surface area (Å²) in [5.74, 6) is -0.290. The Bertz CT molecular complexity index is 411. The van der Waals surface area contributed by atoms with Crippen LogP contribution in [0.15, 0.2) is 23.1 Å². The Hall–Kier alpha value is -1.07. The predicted octanol–water partition coefficient (Wildman–Crippen LogP) is 0.602. The molecule has 0 aliphatic rings. The number of rotatable bonds is 2. The van der Waals surface area contributed by atoms with Crippen LogP contribution in [0.4, 0.5) is 0 Å². The molecule has 0 amide bonds. The van der Waals surface area contributed by atoms with E-state index >= 15 is 0 Å². The second-order valence-corrected chi connectivity index (χ2v) is 4.16. The maximum atomic E-state index is 11.1. The Kier molecular flexibility index (Phi) is 2.58. The highest BCUT2D eigenvalue weighted by Gasteiger charge is 2.17. The first-order valence-corrected chi connectivity index (χ1v) is 5.35. The van der Waals surface area contributed by atoms with Crippen molar-refractivity contribution in [3.05, 3.63) is 23.8 Å². The molecule has 0 aliphatic heterocycles. The van der Waals surface area contributed by atoms with Crippen LogP contribution in [0.2, 0.25) is 0 Å². The van der Waals surface area contributed by atoms with Gasteiger partial charge in [0.1, 0.15) is 10.6 Å². The number of phenols is 1. The number of sulfonamides is 1. The molecule has 0 unspecified atom stereocenters. The molecule has 0 spiro atoms. The maximum Gasteiger partial charge on any atom is 0.242 e. The first-order chi connectivity index (χ1) is 5.96. The van der Waals surface area contributed by atoms with Crippen LogP contribution in [0.25, 0.3) is 0 Å². The van der Waals surface area contributed by atoms with Gasteiger partial charge in [-0.15, -0.1) is 0 Å². The highest BCUT2D eigenvalue weighted by molar-refractivity contribution is 7.89. The van der Waals surface area contributed by atoms with Gasteiger partial charge in [0.05, 0.1) is 0 Å². The van der Waals surface area contributed by atoms with Crippen LogP contribution in [-0.4, -0.2) is 13.5 Å². The Morgan fingerprint density at radius 2 is 2.08 bits per heavy atom. The van der Waals surface area contributed by atoms with Gasteiger partial charge in [-0.3, -0.25) is 0 Å². The van der Waals surface area contributed by atoms with Gasteiger partial charge >= 0.3 is 0 Å². The summed E-state index contributed by atoms with van der Waals surface area (Å²) < 4.78 is 22.1.